The quantitative estimate of drug-likeness (QED) is 0.548. The van der Waals surface area contributed by atoms with Crippen molar-refractivity contribution in [2.75, 3.05) is 19.0 Å². The molecular weight excluding hydrogens is 404 g/mol. The van der Waals surface area contributed by atoms with Crippen molar-refractivity contribution in [2.45, 2.75) is 78.2 Å². The van der Waals surface area contributed by atoms with Gasteiger partial charge in [-0.15, -0.1) is 0 Å². The van der Waals surface area contributed by atoms with Crippen LogP contribution in [0.1, 0.15) is 72.1 Å². The van der Waals surface area contributed by atoms with Crippen molar-refractivity contribution >= 4 is 21.7 Å². The molecule has 4 heteroatoms. The molecule has 3 fully saturated rings. The Morgan fingerprint density at radius 3 is 2.59 bits per heavy atom. The van der Waals surface area contributed by atoms with Crippen LogP contribution < -0.4 is 0 Å². The highest BCUT2D eigenvalue weighted by atomic mass is 79.9. The first kappa shape index (κ1) is 21.8. The predicted octanol–water partition coefficient (Wildman–Crippen LogP) is 5.23. The molecule has 3 saturated carbocycles. The number of methoxy groups -OCH3 is 1. The van der Waals surface area contributed by atoms with Crippen molar-refractivity contribution in [1.29, 1.82) is 0 Å². The van der Waals surface area contributed by atoms with Crippen LogP contribution in [0.25, 0.3) is 0 Å². The third kappa shape index (κ3) is 3.68. The topological polar surface area (TPSA) is 46.5 Å². The Morgan fingerprint density at radius 2 is 1.96 bits per heavy atom. The van der Waals surface area contributed by atoms with E-state index in [9.17, 15) is 9.90 Å². The van der Waals surface area contributed by atoms with E-state index >= 15 is 0 Å². The van der Waals surface area contributed by atoms with Crippen LogP contribution in [0.3, 0.4) is 0 Å². The molecule has 0 aliphatic heterocycles. The number of hydrogen-bond acceptors (Lipinski definition) is 3. The van der Waals surface area contributed by atoms with Gasteiger partial charge in [0.15, 0.2) is 0 Å². The lowest BCUT2D eigenvalue weighted by Gasteiger charge is -2.59. The van der Waals surface area contributed by atoms with E-state index in [1.54, 1.807) is 0 Å². The number of fused-ring (bicyclic) bond motifs is 3. The van der Waals surface area contributed by atoms with Crippen LogP contribution in [0.5, 0.6) is 0 Å². The fraction of sp³-hybridized carbons (Fsp3) is 0.957. The molecule has 3 aliphatic rings. The Balaban J connectivity index is 1.89. The average Bonchev–Trinajstić information content (AvgIpc) is 2.99. The molecule has 27 heavy (non-hydrogen) atoms. The van der Waals surface area contributed by atoms with E-state index in [4.69, 9.17) is 4.74 Å². The van der Waals surface area contributed by atoms with E-state index in [0.717, 1.165) is 31.8 Å². The van der Waals surface area contributed by atoms with Gasteiger partial charge in [0.2, 0.25) is 0 Å². The molecule has 3 aliphatic carbocycles. The fourth-order valence-corrected chi connectivity index (χ4v) is 8.01. The molecule has 8 atom stereocenters. The van der Waals surface area contributed by atoms with Gasteiger partial charge in [0.25, 0.3) is 0 Å². The van der Waals surface area contributed by atoms with Crippen LogP contribution in [0.15, 0.2) is 0 Å². The monoisotopic (exact) mass is 442 g/mol. The number of carbonyl (C=O) groups is 1. The molecule has 0 bridgehead atoms. The second kappa shape index (κ2) is 8.44. The van der Waals surface area contributed by atoms with Gasteiger partial charge < -0.3 is 9.84 Å². The maximum Gasteiger partial charge on any atom is 0.147 e. The van der Waals surface area contributed by atoms with Gasteiger partial charge in [0, 0.05) is 13.0 Å². The first-order chi connectivity index (χ1) is 12.8. The van der Waals surface area contributed by atoms with E-state index in [1.165, 1.54) is 32.1 Å². The maximum atomic E-state index is 12.6. The van der Waals surface area contributed by atoms with E-state index in [-0.39, 0.29) is 22.9 Å². The first-order valence-corrected chi connectivity index (χ1v) is 12.2. The summed E-state index contributed by atoms with van der Waals surface area (Å²) in [4.78, 5) is 12.6. The van der Waals surface area contributed by atoms with E-state index in [1.807, 2.05) is 14.0 Å². The van der Waals surface area contributed by atoms with Crippen LogP contribution >= 0.6 is 15.9 Å². The maximum absolute atomic E-state index is 12.6. The molecule has 3 rings (SSSR count). The Kier molecular flexibility index (Phi) is 6.80. The molecule has 0 amide bonds. The molecular formula is C23H39BrO3. The van der Waals surface area contributed by atoms with Crippen LogP contribution in [0, 0.1) is 40.4 Å². The molecule has 1 N–H and O–H groups in total. The summed E-state index contributed by atoms with van der Waals surface area (Å²) < 4.78 is 5.81. The van der Waals surface area contributed by atoms with Gasteiger partial charge in [-0.05, 0) is 92.8 Å². The standard InChI is InChI=1S/C23H39BrO3/c1-15-5-6-17-18-7-8-20(21(26)13-24)22(18,3)11-10-19(17)23(15,14-27-4)12-9-16(2)25/h15-20,25H,5-14H2,1-4H3. The summed E-state index contributed by atoms with van der Waals surface area (Å²) in [5.74, 6) is 3.38. The lowest BCUT2D eigenvalue weighted by Crippen LogP contribution is -2.54. The zero-order chi connectivity index (χ0) is 19.8. The van der Waals surface area contributed by atoms with Crippen molar-refractivity contribution in [3.63, 3.8) is 0 Å². The van der Waals surface area contributed by atoms with Crippen molar-refractivity contribution in [1.82, 2.24) is 0 Å². The minimum Gasteiger partial charge on any atom is -0.393 e. The summed E-state index contributed by atoms with van der Waals surface area (Å²) in [6.45, 7) is 7.56. The van der Waals surface area contributed by atoms with Crippen LogP contribution in [0.4, 0.5) is 0 Å². The van der Waals surface area contributed by atoms with E-state index in [0.29, 0.717) is 28.9 Å². The summed E-state index contributed by atoms with van der Waals surface area (Å²) >= 11 is 3.43. The van der Waals surface area contributed by atoms with Gasteiger partial charge in [0.1, 0.15) is 5.78 Å². The average molecular weight is 443 g/mol. The number of ether oxygens (including phenoxy) is 1. The number of carbonyl (C=O) groups excluding carboxylic acids is 1. The summed E-state index contributed by atoms with van der Waals surface area (Å²) in [5, 5.41) is 10.5. The Hall–Kier alpha value is 0.0700. The number of halogens is 1. The van der Waals surface area contributed by atoms with Gasteiger partial charge in [-0.3, -0.25) is 4.79 Å². The molecule has 0 radical (unpaired) electrons. The second-order valence-electron chi connectivity index (χ2n) is 10.2. The lowest BCUT2D eigenvalue weighted by molar-refractivity contribution is -0.141. The van der Waals surface area contributed by atoms with Crippen LogP contribution in [-0.2, 0) is 9.53 Å². The molecule has 8 unspecified atom stereocenters. The highest BCUT2D eigenvalue weighted by Gasteiger charge is 2.60. The molecule has 3 nitrogen and oxygen atoms in total. The number of aliphatic hydroxyl groups excluding tert-OH is 1. The summed E-state index contributed by atoms with van der Waals surface area (Å²) in [6, 6.07) is 0. The molecule has 0 heterocycles. The fourth-order valence-electron chi connectivity index (χ4n) is 7.62. The van der Waals surface area contributed by atoms with Crippen molar-refractivity contribution in [2.24, 2.45) is 40.4 Å². The molecule has 0 aromatic carbocycles. The normalized spacial score (nSPS) is 45.2. The molecule has 0 aromatic rings. The minimum atomic E-state index is -0.243. The largest absolute Gasteiger partial charge is 0.393 e. The van der Waals surface area contributed by atoms with Gasteiger partial charge in [-0.2, -0.15) is 0 Å². The van der Waals surface area contributed by atoms with Gasteiger partial charge >= 0.3 is 0 Å². The van der Waals surface area contributed by atoms with Gasteiger partial charge in [-0.25, -0.2) is 0 Å². The lowest BCUT2D eigenvalue weighted by atomic mass is 9.46. The van der Waals surface area contributed by atoms with Gasteiger partial charge in [0.05, 0.1) is 18.0 Å². The minimum absolute atomic E-state index is 0.188. The number of aliphatic hydroxyl groups is 1. The molecule has 0 saturated heterocycles. The Bertz CT molecular complexity index is 536. The van der Waals surface area contributed by atoms with Crippen LogP contribution in [-0.4, -0.2) is 36.0 Å². The Morgan fingerprint density at radius 1 is 1.22 bits per heavy atom. The summed E-state index contributed by atoms with van der Waals surface area (Å²) in [6.07, 6.45) is 8.94. The second-order valence-corrected chi connectivity index (χ2v) is 10.7. The van der Waals surface area contributed by atoms with Crippen molar-refractivity contribution in [3.05, 3.63) is 0 Å². The SMILES string of the molecule is COCC1(CCC(C)O)C(C)CCC2C3CCC(C(=O)CBr)C3(C)CCC21. The number of hydrogen-bond donors (Lipinski definition) is 1. The summed E-state index contributed by atoms with van der Waals surface area (Å²) in [5.41, 5.74) is 0.378. The zero-order valence-corrected chi connectivity index (χ0v) is 19.3. The number of alkyl halides is 1. The highest BCUT2D eigenvalue weighted by Crippen LogP contribution is 2.66. The van der Waals surface area contributed by atoms with Crippen molar-refractivity contribution in [3.8, 4) is 0 Å². The number of ketones is 1. The van der Waals surface area contributed by atoms with E-state index in [2.05, 4.69) is 29.8 Å². The third-order valence-electron chi connectivity index (χ3n) is 9.05. The molecule has 156 valence electrons. The molecule has 0 aromatic heterocycles. The molecule has 0 spiro atoms. The predicted molar refractivity (Wildman–Crippen MR) is 113 cm³/mol. The first-order valence-electron chi connectivity index (χ1n) is 11.1. The zero-order valence-electron chi connectivity index (χ0n) is 17.7. The third-order valence-corrected chi connectivity index (χ3v) is 9.60. The Labute approximate surface area is 174 Å². The number of Topliss-reactive ketones (excluding diaryl/α,β-unsaturated/α-hetero) is 1. The van der Waals surface area contributed by atoms with E-state index < -0.39 is 0 Å². The smallest absolute Gasteiger partial charge is 0.147 e. The highest BCUT2D eigenvalue weighted by molar-refractivity contribution is 9.09. The van der Waals surface area contributed by atoms with Crippen LogP contribution in [0.2, 0.25) is 0 Å². The van der Waals surface area contributed by atoms with Gasteiger partial charge in [-0.1, -0.05) is 29.8 Å². The van der Waals surface area contributed by atoms with Crippen molar-refractivity contribution < 1.29 is 14.6 Å². The number of rotatable bonds is 7. The summed E-state index contributed by atoms with van der Waals surface area (Å²) in [7, 11) is 1.84.